The molecule has 2 rings (SSSR count). The van der Waals surface area contributed by atoms with E-state index in [1.165, 1.54) is 0 Å². The lowest BCUT2D eigenvalue weighted by atomic mass is 9.85. The van der Waals surface area contributed by atoms with Crippen LogP contribution in [-0.4, -0.2) is 67.5 Å². The molecule has 6 nitrogen and oxygen atoms in total. The van der Waals surface area contributed by atoms with Crippen molar-refractivity contribution in [3.63, 3.8) is 0 Å². The topological polar surface area (TPSA) is 59.5 Å². The van der Waals surface area contributed by atoms with E-state index in [0.717, 1.165) is 50.7 Å². The summed E-state index contributed by atoms with van der Waals surface area (Å²) >= 11 is 0. The molecule has 0 aromatic carbocycles. The number of hydrogen-bond donors (Lipinski definition) is 1. The molecule has 0 amide bonds. The monoisotopic (exact) mass is 322 g/mol. The summed E-state index contributed by atoms with van der Waals surface area (Å²) in [6.45, 7) is 7.75. The molecular weight excluding hydrogens is 292 g/mol. The smallest absolute Gasteiger partial charge is 0.129 e. The molecule has 0 unspecified atom stereocenters. The third-order valence-electron chi connectivity index (χ3n) is 4.43. The summed E-state index contributed by atoms with van der Waals surface area (Å²) in [6, 6.07) is 3.15. The minimum absolute atomic E-state index is 0.422. The molecule has 1 aromatic heterocycles. The van der Waals surface area contributed by atoms with E-state index in [1.54, 1.807) is 20.5 Å². The van der Waals surface area contributed by atoms with Crippen molar-refractivity contribution in [1.82, 2.24) is 14.9 Å². The van der Waals surface area contributed by atoms with Crippen molar-refractivity contribution in [2.75, 3.05) is 45.8 Å². The van der Waals surface area contributed by atoms with Crippen LogP contribution in [0.25, 0.3) is 0 Å². The zero-order chi connectivity index (χ0) is 16.7. The number of methoxy groups -OCH3 is 2. The predicted octanol–water partition coefficient (Wildman–Crippen LogP) is 2.14. The van der Waals surface area contributed by atoms with Gasteiger partial charge in [-0.3, -0.25) is 4.90 Å². The molecule has 1 aliphatic carbocycles. The minimum Gasteiger partial charge on any atom is -0.383 e. The molecule has 1 fully saturated rings. The predicted molar refractivity (Wildman–Crippen MR) is 91.9 cm³/mol. The molecule has 0 saturated heterocycles. The van der Waals surface area contributed by atoms with Gasteiger partial charge in [0.25, 0.3) is 0 Å². The first kappa shape index (κ1) is 18.1. The largest absolute Gasteiger partial charge is 0.383 e. The number of hydrogen-bond acceptors (Lipinski definition) is 6. The second-order valence-corrected chi connectivity index (χ2v) is 6.47. The van der Waals surface area contributed by atoms with Crippen LogP contribution >= 0.6 is 0 Å². The maximum Gasteiger partial charge on any atom is 0.129 e. The minimum atomic E-state index is 0.422. The molecule has 0 aliphatic heterocycles. The summed E-state index contributed by atoms with van der Waals surface area (Å²) in [5.41, 5.74) is 1.08. The molecule has 0 radical (unpaired) electrons. The molecule has 1 aromatic rings. The van der Waals surface area contributed by atoms with Gasteiger partial charge in [0, 0.05) is 51.2 Å². The Kier molecular flexibility index (Phi) is 7.20. The lowest BCUT2D eigenvalue weighted by Crippen LogP contribution is -2.51. The Bertz CT molecular complexity index is 456. The number of aromatic nitrogens is 2. The van der Waals surface area contributed by atoms with Crippen molar-refractivity contribution in [1.29, 1.82) is 0 Å². The van der Waals surface area contributed by atoms with Crippen LogP contribution in [0.2, 0.25) is 0 Å². The lowest BCUT2D eigenvalue weighted by molar-refractivity contribution is 0.0546. The molecule has 1 saturated carbocycles. The van der Waals surface area contributed by atoms with Crippen LogP contribution in [0.15, 0.2) is 12.4 Å². The van der Waals surface area contributed by atoms with Crippen molar-refractivity contribution >= 4 is 5.82 Å². The molecule has 0 bridgehead atoms. The molecule has 0 atom stereocenters. The van der Waals surface area contributed by atoms with Gasteiger partial charge in [0.2, 0.25) is 0 Å². The van der Waals surface area contributed by atoms with Gasteiger partial charge < -0.3 is 14.8 Å². The third-order valence-corrected chi connectivity index (χ3v) is 4.43. The van der Waals surface area contributed by atoms with E-state index >= 15 is 0 Å². The molecule has 1 N–H and O–H groups in total. The van der Waals surface area contributed by atoms with Gasteiger partial charge >= 0.3 is 0 Å². The molecule has 1 aliphatic rings. The van der Waals surface area contributed by atoms with Gasteiger partial charge in [-0.2, -0.15) is 0 Å². The Morgan fingerprint density at radius 3 is 2.39 bits per heavy atom. The highest BCUT2D eigenvalue weighted by Crippen LogP contribution is 2.28. The molecule has 130 valence electrons. The molecule has 1 heterocycles. The van der Waals surface area contributed by atoms with Gasteiger partial charge in [0.1, 0.15) is 12.1 Å². The van der Waals surface area contributed by atoms with Gasteiger partial charge in [-0.25, -0.2) is 9.97 Å². The van der Waals surface area contributed by atoms with Crippen molar-refractivity contribution in [2.45, 2.75) is 44.7 Å². The third kappa shape index (κ3) is 5.41. The van der Waals surface area contributed by atoms with Crippen LogP contribution in [0.5, 0.6) is 0 Å². The van der Waals surface area contributed by atoms with Crippen LogP contribution in [0.1, 0.15) is 38.3 Å². The summed E-state index contributed by atoms with van der Waals surface area (Å²) in [5.74, 6) is 1.36. The van der Waals surface area contributed by atoms with Crippen molar-refractivity contribution in [2.24, 2.45) is 0 Å². The second kappa shape index (κ2) is 9.15. The summed E-state index contributed by atoms with van der Waals surface area (Å²) in [5, 5.41) is 3.53. The number of nitrogens with one attached hydrogen (secondary N) is 1. The first-order valence-corrected chi connectivity index (χ1v) is 8.44. The van der Waals surface area contributed by atoms with Crippen LogP contribution in [0.4, 0.5) is 5.82 Å². The average molecular weight is 322 g/mol. The number of rotatable bonds is 10. The molecule has 0 spiro atoms. The van der Waals surface area contributed by atoms with Crippen LogP contribution in [0, 0.1) is 0 Å². The van der Waals surface area contributed by atoms with Gasteiger partial charge in [0.05, 0.1) is 13.2 Å². The summed E-state index contributed by atoms with van der Waals surface area (Å²) in [6.07, 6.45) is 3.92. The summed E-state index contributed by atoms with van der Waals surface area (Å²) < 4.78 is 10.4. The standard InChI is InChI=1S/C17H30N4O2/c1-13(2)16-11-17(19-12-18-16)20-14-9-15(10-14)21(5-7-22-3)6-8-23-4/h11-15H,5-10H2,1-4H3,(H,18,19,20)/t14-,15-. The van der Waals surface area contributed by atoms with E-state index in [2.05, 4.69) is 40.1 Å². The number of nitrogens with zero attached hydrogens (tertiary/aromatic N) is 3. The Morgan fingerprint density at radius 2 is 1.83 bits per heavy atom. The Morgan fingerprint density at radius 1 is 1.17 bits per heavy atom. The van der Waals surface area contributed by atoms with E-state index in [0.29, 0.717) is 18.0 Å². The van der Waals surface area contributed by atoms with Gasteiger partial charge in [-0.15, -0.1) is 0 Å². The SMILES string of the molecule is COCCN(CCOC)[C@H]1C[C@H](Nc2cc(C(C)C)ncn2)C1. The Labute approximate surface area is 139 Å². The average Bonchev–Trinajstić information content (AvgIpc) is 2.51. The van der Waals surface area contributed by atoms with E-state index in [9.17, 15) is 0 Å². The Hall–Kier alpha value is -1.24. The molecule has 6 heteroatoms. The van der Waals surface area contributed by atoms with E-state index in [1.807, 2.05) is 0 Å². The van der Waals surface area contributed by atoms with E-state index < -0.39 is 0 Å². The highest BCUT2D eigenvalue weighted by molar-refractivity contribution is 5.37. The van der Waals surface area contributed by atoms with Gasteiger partial charge in [0.15, 0.2) is 0 Å². The van der Waals surface area contributed by atoms with Crippen molar-refractivity contribution in [3.8, 4) is 0 Å². The van der Waals surface area contributed by atoms with Crippen molar-refractivity contribution in [3.05, 3.63) is 18.1 Å². The van der Waals surface area contributed by atoms with Gasteiger partial charge in [-0.05, 0) is 18.8 Å². The summed E-state index contributed by atoms with van der Waals surface area (Å²) in [7, 11) is 3.50. The number of ether oxygens (including phenoxy) is 2. The lowest BCUT2D eigenvalue weighted by Gasteiger charge is -2.43. The normalized spacial score (nSPS) is 20.8. The van der Waals surface area contributed by atoms with Crippen LogP contribution in [-0.2, 0) is 9.47 Å². The fourth-order valence-corrected chi connectivity index (χ4v) is 2.87. The maximum atomic E-state index is 5.21. The quantitative estimate of drug-likeness (QED) is 0.712. The highest BCUT2D eigenvalue weighted by atomic mass is 16.5. The zero-order valence-electron chi connectivity index (χ0n) is 14.8. The second-order valence-electron chi connectivity index (χ2n) is 6.47. The molecule has 23 heavy (non-hydrogen) atoms. The Balaban J connectivity index is 1.81. The van der Waals surface area contributed by atoms with E-state index in [-0.39, 0.29) is 0 Å². The number of anilines is 1. The fourth-order valence-electron chi connectivity index (χ4n) is 2.87. The fraction of sp³-hybridized carbons (Fsp3) is 0.765. The zero-order valence-corrected chi connectivity index (χ0v) is 14.8. The first-order valence-electron chi connectivity index (χ1n) is 8.44. The van der Waals surface area contributed by atoms with Crippen LogP contribution in [0.3, 0.4) is 0 Å². The summed E-state index contributed by atoms with van der Waals surface area (Å²) in [4.78, 5) is 11.1. The first-order chi connectivity index (χ1) is 11.1. The highest BCUT2D eigenvalue weighted by Gasteiger charge is 2.33. The van der Waals surface area contributed by atoms with Gasteiger partial charge in [-0.1, -0.05) is 13.8 Å². The maximum absolute atomic E-state index is 5.21. The van der Waals surface area contributed by atoms with Crippen molar-refractivity contribution < 1.29 is 9.47 Å². The van der Waals surface area contributed by atoms with Crippen LogP contribution < -0.4 is 5.32 Å². The van der Waals surface area contributed by atoms with E-state index in [4.69, 9.17) is 9.47 Å². The molecular formula is C17H30N4O2.